The molecule has 0 saturated heterocycles. The summed E-state index contributed by atoms with van der Waals surface area (Å²) < 4.78 is 42.0. The fourth-order valence-electron chi connectivity index (χ4n) is 0.865. The van der Waals surface area contributed by atoms with Crippen LogP contribution in [0.5, 0.6) is 5.75 Å². The van der Waals surface area contributed by atoms with E-state index in [9.17, 15) is 17.4 Å². The van der Waals surface area contributed by atoms with Gasteiger partial charge in [0.2, 0.25) is 0 Å². The fourth-order valence-corrected chi connectivity index (χ4v) is 3.98. The highest BCUT2D eigenvalue weighted by Gasteiger charge is 2.16. The molecule has 1 rings (SSSR count). The number of hydrogen-bond acceptors (Lipinski definition) is 6. The van der Waals surface area contributed by atoms with Crippen molar-refractivity contribution < 1.29 is 17.4 Å². The second-order valence-corrected chi connectivity index (χ2v) is 7.14. The van der Waals surface area contributed by atoms with Gasteiger partial charge in [-0.3, -0.25) is 0 Å². The van der Waals surface area contributed by atoms with Crippen LogP contribution in [-0.4, -0.2) is 5.11 Å². The summed E-state index contributed by atoms with van der Waals surface area (Å²) in [6.07, 6.45) is 0. The van der Waals surface area contributed by atoms with Crippen molar-refractivity contribution in [3.05, 3.63) is 24.8 Å². The smallest absolute Gasteiger partial charge is 0.344 e. The van der Waals surface area contributed by atoms with E-state index in [1.54, 1.807) is 6.07 Å². The Morgan fingerprint density at radius 1 is 1.07 bits per heavy atom. The number of halogens is 2. The van der Waals surface area contributed by atoms with Crippen molar-refractivity contribution in [1.29, 1.82) is 5.26 Å². The summed E-state index contributed by atoms with van der Waals surface area (Å²) in [5.74, 6) is -0.764. The van der Waals surface area contributed by atoms with Gasteiger partial charge in [-0.15, -0.1) is 0 Å². The highest BCUT2D eigenvalue weighted by molar-refractivity contribution is 14.2. The third-order valence-electron chi connectivity index (χ3n) is 1.48. The zero-order chi connectivity index (χ0) is 11.6. The maximum Gasteiger partial charge on any atom is 0.344 e. The van der Waals surface area contributed by atoms with Crippen molar-refractivity contribution >= 4 is 39.6 Å². The number of rotatable bonds is 2. The van der Waals surface area contributed by atoms with Gasteiger partial charge in [-0.25, -0.2) is 12.3 Å². The average molecular weight is 435 g/mol. The lowest BCUT2D eigenvalue weighted by Crippen LogP contribution is -1.85. The molecule has 15 heavy (non-hydrogen) atoms. The van der Waals surface area contributed by atoms with Crippen molar-refractivity contribution in [2.45, 2.75) is 0 Å². The molecule has 0 aliphatic carbocycles. The minimum Gasteiger partial charge on any atom is -0.505 e. The van der Waals surface area contributed by atoms with Crippen molar-refractivity contribution in [3.63, 3.8) is 0 Å². The Morgan fingerprint density at radius 3 is 1.73 bits per heavy atom. The molecule has 0 fully saturated rings. The monoisotopic (exact) mass is 435 g/mol. The summed E-state index contributed by atoms with van der Waals surface area (Å²) >= 11 is -8.00. The Hall–Kier alpha value is -0.830. The lowest BCUT2D eigenvalue weighted by atomic mass is 10.2. The molecule has 80 valence electrons. The van der Waals surface area contributed by atoms with Gasteiger partial charge in [0.05, 0.1) is 11.6 Å². The van der Waals surface area contributed by atoms with Gasteiger partial charge in [0.1, 0.15) is 7.14 Å². The molecule has 1 aromatic carbocycles. The van der Waals surface area contributed by atoms with E-state index in [4.69, 9.17) is 5.26 Å². The van der Waals surface area contributed by atoms with Gasteiger partial charge in [0.25, 0.3) is 0 Å². The summed E-state index contributed by atoms with van der Waals surface area (Å²) in [5, 5.41) is 17.9. The molecule has 8 heteroatoms. The van der Waals surface area contributed by atoms with Gasteiger partial charge >= 0.3 is 39.6 Å². The Bertz CT molecular complexity index is 535. The minimum atomic E-state index is -4.00. The Kier molecular flexibility index (Phi) is 3.91. The number of nitrogens with zero attached hydrogens (tertiary/aromatic N) is 1. The minimum absolute atomic E-state index is 0.0965. The van der Waals surface area contributed by atoms with Crippen LogP contribution in [0.1, 0.15) is 5.56 Å². The summed E-state index contributed by atoms with van der Waals surface area (Å²) in [4.78, 5) is 0. The molecule has 0 amide bonds. The van der Waals surface area contributed by atoms with Crippen LogP contribution in [0.3, 0.4) is 0 Å². The first-order chi connectivity index (χ1) is 6.97. The maximum absolute atomic E-state index is 10.7. The molecule has 0 saturated carbocycles. The van der Waals surface area contributed by atoms with E-state index in [0.29, 0.717) is 0 Å². The summed E-state index contributed by atoms with van der Waals surface area (Å²) in [5.41, 5.74) is -0.0965. The van der Waals surface area contributed by atoms with Gasteiger partial charge in [0.15, 0.2) is 5.75 Å². The third-order valence-corrected chi connectivity index (χ3v) is 5.02. The highest BCUT2D eigenvalue weighted by Crippen LogP contribution is 2.36. The molecule has 0 spiro atoms. The fraction of sp³-hybridized carbons (Fsp3) is 0. The van der Waals surface area contributed by atoms with Gasteiger partial charge in [0, 0.05) is 0 Å². The molecule has 0 heterocycles. The quantitative estimate of drug-likeness (QED) is 0.712. The first kappa shape index (κ1) is 12.2. The van der Waals surface area contributed by atoms with Crippen LogP contribution in [0.4, 0.5) is 0 Å². The molecule has 1 aromatic rings. The van der Waals surface area contributed by atoms with Crippen LogP contribution in [0, 0.1) is 18.5 Å². The van der Waals surface area contributed by atoms with Gasteiger partial charge < -0.3 is 5.11 Å². The normalized spacial score (nSPS) is 10.5. The molecule has 0 aliphatic rings. The summed E-state index contributed by atoms with van der Waals surface area (Å²) in [6.45, 7) is 0. The van der Waals surface area contributed by atoms with Crippen LogP contribution in [0.15, 0.2) is 12.1 Å². The lowest BCUT2D eigenvalue weighted by molar-refractivity contribution is 0.467. The van der Waals surface area contributed by atoms with Crippen molar-refractivity contribution in [2.75, 3.05) is 0 Å². The molecule has 0 aliphatic heterocycles. The van der Waals surface area contributed by atoms with Gasteiger partial charge in [-0.1, -0.05) is 0 Å². The average Bonchev–Trinajstić information content (AvgIpc) is 2.17. The second-order valence-electron chi connectivity index (χ2n) is 2.33. The predicted octanol–water partition coefficient (Wildman–Crippen LogP) is 2.00. The van der Waals surface area contributed by atoms with Gasteiger partial charge in [-0.05, 0) is 12.1 Å². The number of phenolic OH excluding ortho intramolecular Hbond substituents is 1. The molecule has 0 aromatic heterocycles. The van der Waals surface area contributed by atoms with Crippen molar-refractivity contribution in [3.8, 4) is 11.8 Å². The summed E-state index contributed by atoms with van der Waals surface area (Å²) in [7, 11) is 0. The highest BCUT2D eigenvalue weighted by atomic mass is 127. The van der Waals surface area contributed by atoms with E-state index in [-0.39, 0.29) is 5.56 Å². The van der Waals surface area contributed by atoms with Crippen LogP contribution in [0.2, 0.25) is 0 Å². The molecule has 0 unspecified atom stereocenters. The third kappa shape index (κ3) is 2.59. The maximum atomic E-state index is 10.7. The van der Waals surface area contributed by atoms with Crippen LogP contribution < -0.4 is 0 Å². The van der Waals surface area contributed by atoms with Crippen LogP contribution in [-0.2, 0) is 12.3 Å². The van der Waals surface area contributed by atoms with E-state index in [2.05, 4.69) is 0 Å². The van der Waals surface area contributed by atoms with E-state index < -0.39 is 52.5 Å². The van der Waals surface area contributed by atoms with Gasteiger partial charge in [-0.2, -0.15) is 5.26 Å². The standard InChI is InChI=1S/C7H3I2NO5/c10-3-4-1-5(8(12)13)7(11)6(2-4)9(14)15/h1-2,11H. The Morgan fingerprint density at radius 2 is 1.47 bits per heavy atom. The van der Waals surface area contributed by atoms with E-state index in [1.165, 1.54) is 0 Å². The first-order valence-corrected chi connectivity index (χ1v) is 9.03. The van der Waals surface area contributed by atoms with E-state index in [1.807, 2.05) is 0 Å². The number of nitriles is 1. The van der Waals surface area contributed by atoms with Crippen molar-refractivity contribution in [2.24, 2.45) is 0 Å². The molecule has 0 radical (unpaired) electrons. The molecular formula is C7H3I2NO5. The number of phenols is 1. The van der Waals surface area contributed by atoms with E-state index >= 15 is 0 Å². The number of aromatic hydroxyl groups is 1. The molecule has 1 N–H and O–H groups in total. The topological polar surface area (TPSA) is 112 Å². The zero-order valence-corrected chi connectivity index (χ0v) is 11.3. The predicted molar refractivity (Wildman–Crippen MR) is 61.0 cm³/mol. The summed E-state index contributed by atoms with van der Waals surface area (Å²) in [6, 6.07) is 3.55. The molecule has 0 bridgehead atoms. The SMILES string of the molecule is N#Cc1cc(I(=O)=O)c(O)c(I(=O)=O)c1. The molecule has 6 nitrogen and oxygen atoms in total. The van der Waals surface area contributed by atoms with E-state index in [0.717, 1.165) is 12.1 Å². The molecular weight excluding hydrogens is 432 g/mol. The lowest BCUT2D eigenvalue weighted by Gasteiger charge is -1.98. The zero-order valence-electron chi connectivity index (χ0n) is 6.94. The Labute approximate surface area is 98.2 Å². The Balaban J connectivity index is 3.71. The number of benzene rings is 1. The van der Waals surface area contributed by atoms with Crippen molar-refractivity contribution in [1.82, 2.24) is 0 Å². The largest absolute Gasteiger partial charge is 0.505 e. The van der Waals surface area contributed by atoms with Crippen LogP contribution in [0.25, 0.3) is 0 Å². The first-order valence-electron chi connectivity index (χ1n) is 3.35. The molecule has 0 atom stereocenters. The number of hydrogen-bond donors (Lipinski definition) is 1. The van der Waals surface area contributed by atoms with Crippen LogP contribution >= 0.6 is 39.6 Å². The second kappa shape index (κ2) is 4.79.